The molecule has 0 bridgehead atoms. The van der Waals surface area contributed by atoms with Crippen LogP contribution in [0.25, 0.3) is 0 Å². The molecule has 1 aliphatic carbocycles. The summed E-state index contributed by atoms with van der Waals surface area (Å²) >= 11 is 0. The Morgan fingerprint density at radius 1 is 1.05 bits per heavy atom. The predicted molar refractivity (Wildman–Crippen MR) is 83.5 cm³/mol. The second-order valence-corrected chi connectivity index (χ2v) is 6.49. The maximum absolute atomic E-state index is 3.81. The average Bonchev–Trinajstić information content (AvgIpc) is 2.86. The summed E-state index contributed by atoms with van der Waals surface area (Å²) in [6, 6.07) is 10.3. The summed E-state index contributed by atoms with van der Waals surface area (Å²) in [6.45, 7) is 9.12. The van der Waals surface area contributed by atoms with Crippen LogP contribution < -0.4 is 5.32 Å². The third-order valence-electron chi connectivity index (χ3n) is 4.71. The Balaban J connectivity index is 1.91. The first-order valence-electron chi connectivity index (χ1n) is 7.96. The first-order chi connectivity index (χ1) is 9.10. The van der Waals surface area contributed by atoms with Gasteiger partial charge in [-0.2, -0.15) is 0 Å². The summed E-state index contributed by atoms with van der Waals surface area (Å²) in [7, 11) is 0. The summed E-state index contributed by atoms with van der Waals surface area (Å²) in [5.41, 5.74) is 2.85. The molecule has 1 aliphatic rings. The normalized spacial score (nSPS) is 24.9. The molecule has 0 amide bonds. The van der Waals surface area contributed by atoms with Crippen molar-refractivity contribution in [2.75, 3.05) is 0 Å². The fraction of sp³-hybridized carbons (Fsp3) is 0.667. The van der Waals surface area contributed by atoms with E-state index in [0.29, 0.717) is 12.0 Å². The quantitative estimate of drug-likeness (QED) is 0.781. The maximum Gasteiger partial charge on any atom is 0.0294 e. The van der Waals surface area contributed by atoms with Crippen LogP contribution in [0.2, 0.25) is 0 Å². The molecule has 3 atom stereocenters. The molecule has 3 unspecified atom stereocenters. The Morgan fingerprint density at radius 2 is 1.68 bits per heavy atom. The van der Waals surface area contributed by atoms with Crippen LogP contribution in [0.1, 0.15) is 76.5 Å². The second-order valence-electron chi connectivity index (χ2n) is 6.49. The van der Waals surface area contributed by atoms with Gasteiger partial charge in [0.25, 0.3) is 0 Å². The lowest BCUT2D eigenvalue weighted by Crippen LogP contribution is -2.29. The third-order valence-corrected chi connectivity index (χ3v) is 4.71. The van der Waals surface area contributed by atoms with Crippen LogP contribution in [0.4, 0.5) is 0 Å². The largest absolute Gasteiger partial charge is 0.307 e. The van der Waals surface area contributed by atoms with Gasteiger partial charge in [0.2, 0.25) is 0 Å². The van der Waals surface area contributed by atoms with Gasteiger partial charge in [-0.25, -0.2) is 0 Å². The third kappa shape index (κ3) is 3.82. The molecule has 0 aromatic heterocycles. The first-order valence-corrected chi connectivity index (χ1v) is 7.96. The van der Waals surface area contributed by atoms with E-state index in [2.05, 4.69) is 57.3 Å². The molecule has 0 radical (unpaired) electrons. The monoisotopic (exact) mass is 259 g/mol. The minimum Gasteiger partial charge on any atom is -0.307 e. The Kier molecular flexibility index (Phi) is 5.04. The smallest absolute Gasteiger partial charge is 0.0294 e. The van der Waals surface area contributed by atoms with Crippen LogP contribution in [0.5, 0.6) is 0 Å². The Hall–Kier alpha value is -0.820. The lowest BCUT2D eigenvalue weighted by atomic mass is 9.99. The molecular formula is C18H29N. The van der Waals surface area contributed by atoms with E-state index in [1.807, 2.05) is 0 Å². The van der Waals surface area contributed by atoms with Crippen molar-refractivity contribution in [3.05, 3.63) is 35.4 Å². The highest BCUT2D eigenvalue weighted by Gasteiger charge is 2.24. The molecule has 1 fully saturated rings. The summed E-state index contributed by atoms with van der Waals surface area (Å²) in [5, 5.41) is 3.81. The molecule has 1 aromatic carbocycles. The minimum absolute atomic E-state index is 0.474. The molecule has 0 aliphatic heterocycles. The van der Waals surface area contributed by atoms with E-state index in [4.69, 9.17) is 0 Å². The van der Waals surface area contributed by atoms with Gasteiger partial charge in [-0.05, 0) is 49.1 Å². The van der Waals surface area contributed by atoms with E-state index >= 15 is 0 Å². The summed E-state index contributed by atoms with van der Waals surface area (Å²) in [6.07, 6.45) is 5.47. The van der Waals surface area contributed by atoms with Crippen LogP contribution in [-0.2, 0) is 0 Å². The Bertz CT molecular complexity index is 379. The summed E-state index contributed by atoms with van der Waals surface area (Å²) in [5.74, 6) is 1.57. The zero-order valence-electron chi connectivity index (χ0n) is 12.9. The SMILES string of the molecule is CCC1CCC(NC(C)c2ccc(C(C)C)cc2)C1. The molecule has 19 heavy (non-hydrogen) atoms. The predicted octanol–water partition coefficient (Wildman–Crippen LogP) is 5.04. The van der Waals surface area contributed by atoms with Crippen molar-refractivity contribution >= 4 is 0 Å². The van der Waals surface area contributed by atoms with Crippen LogP contribution >= 0.6 is 0 Å². The zero-order chi connectivity index (χ0) is 13.8. The fourth-order valence-corrected chi connectivity index (χ4v) is 3.22. The lowest BCUT2D eigenvalue weighted by Gasteiger charge is -2.20. The highest BCUT2D eigenvalue weighted by molar-refractivity contribution is 5.26. The molecule has 1 saturated carbocycles. The average molecular weight is 259 g/mol. The number of nitrogens with one attached hydrogen (secondary N) is 1. The fourth-order valence-electron chi connectivity index (χ4n) is 3.22. The van der Waals surface area contributed by atoms with Gasteiger partial charge in [-0.3, -0.25) is 0 Å². The number of rotatable bonds is 5. The van der Waals surface area contributed by atoms with Crippen molar-refractivity contribution in [1.29, 1.82) is 0 Å². The van der Waals surface area contributed by atoms with E-state index in [-0.39, 0.29) is 0 Å². The van der Waals surface area contributed by atoms with Gasteiger partial charge < -0.3 is 5.32 Å². The molecule has 1 aromatic rings. The molecule has 0 saturated heterocycles. The lowest BCUT2D eigenvalue weighted by molar-refractivity contribution is 0.437. The van der Waals surface area contributed by atoms with E-state index in [0.717, 1.165) is 12.0 Å². The van der Waals surface area contributed by atoms with E-state index in [1.54, 1.807) is 0 Å². The van der Waals surface area contributed by atoms with Crippen molar-refractivity contribution in [2.24, 2.45) is 5.92 Å². The number of benzene rings is 1. The first kappa shape index (κ1) is 14.6. The van der Waals surface area contributed by atoms with Crippen LogP contribution in [-0.4, -0.2) is 6.04 Å². The van der Waals surface area contributed by atoms with Crippen molar-refractivity contribution in [3.8, 4) is 0 Å². The van der Waals surface area contributed by atoms with E-state index < -0.39 is 0 Å². The van der Waals surface area contributed by atoms with Gasteiger partial charge in [0.1, 0.15) is 0 Å². The molecule has 1 nitrogen and oxygen atoms in total. The van der Waals surface area contributed by atoms with Crippen molar-refractivity contribution in [1.82, 2.24) is 5.32 Å². The van der Waals surface area contributed by atoms with E-state index in [9.17, 15) is 0 Å². The number of hydrogen-bond acceptors (Lipinski definition) is 1. The molecule has 0 heterocycles. The maximum atomic E-state index is 3.81. The summed E-state index contributed by atoms with van der Waals surface area (Å²) < 4.78 is 0. The van der Waals surface area contributed by atoms with E-state index in [1.165, 1.54) is 36.8 Å². The molecule has 1 heteroatoms. The molecule has 0 spiro atoms. The Morgan fingerprint density at radius 3 is 2.21 bits per heavy atom. The van der Waals surface area contributed by atoms with Gasteiger partial charge in [-0.1, -0.05) is 51.5 Å². The summed E-state index contributed by atoms with van der Waals surface area (Å²) in [4.78, 5) is 0. The van der Waals surface area contributed by atoms with Crippen molar-refractivity contribution in [2.45, 2.75) is 71.4 Å². The van der Waals surface area contributed by atoms with Gasteiger partial charge in [0.05, 0.1) is 0 Å². The van der Waals surface area contributed by atoms with Gasteiger partial charge >= 0.3 is 0 Å². The van der Waals surface area contributed by atoms with Gasteiger partial charge in [-0.15, -0.1) is 0 Å². The highest BCUT2D eigenvalue weighted by atomic mass is 14.9. The van der Waals surface area contributed by atoms with Crippen LogP contribution in [0.15, 0.2) is 24.3 Å². The molecular weight excluding hydrogens is 230 g/mol. The van der Waals surface area contributed by atoms with Gasteiger partial charge in [0, 0.05) is 12.1 Å². The Labute approximate surface area is 118 Å². The van der Waals surface area contributed by atoms with Crippen LogP contribution in [0, 0.1) is 5.92 Å². The van der Waals surface area contributed by atoms with Crippen molar-refractivity contribution < 1.29 is 0 Å². The minimum atomic E-state index is 0.474. The van der Waals surface area contributed by atoms with Crippen molar-refractivity contribution in [3.63, 3.8) is 0 Å². The van der Waals surface area contributed by atoms with Crippen LogP contribution in [0.3, 0.4) is 0 Å². The topological polar surface area (TPSA) is 12.0 Å². The number of hydrogen-bond donors (Lipinski definition) is 1. The second kappa shape index (κ2) is 6.56. The molecule has 2 rings (SSSR count). The zero-order valence-corrected chi connectivity index (χ0v) is 12.9. The van der Waals surface area contributed by atoms with Gasteiger partial charge in [0.15, 0.2) is 0 Å². The standard InChI is InChI=1S/C18H29N/c1-5-15-6-11-18(12-15)19-14(4)17-9-7-16(8-10-17)13(2)3/h7-10,13-15,18-19H,5-6,11-12H2,1-4H3. The highest BCUT2D eigenvalue weighted by Crippen LogP contribution is 2.29. The molecule has 106 valence electrons. The molecule has 1 N–H and O–H groups in total.